The third-order valence-corrected chi connectivity index (χ3v) is 4.41. The molecule has 1 aliphatic heterocycles. The first kappa shape index (κ1) is 17.6. The molecular weight excluding hydrogens is 292 g/mol. The molecule has 1 aliphatic rings. The van der Waals surface area contributed by atoms with E-state index in [1.807, 2.05) is 12.1 Å². The molecule has 0 radical (unpaired) electrons. The molecule has 0 saturated carbocycles. The summed E-state index contributed by atoms with van der Waals surface area (Å²) >= 11 is 0. The average molecular weight is 320 g/mol. The van der Waals surface area contributed by atoms with Gasteiger partial charge in [0, 0.05) is 18.0 Å². The molecule has 0 aliphatic carbocycles. The molecule has 0 bridgehead atoms. The first-order chi connectivity index (χ1) is 11.2. The van der Waals surface area contributed by atoms with Crippen molar-refractivity contribution >= 4 is 5.91 Å². The van der Waals surface area contributed by atoms with E-state index in [-0.39, 0.29) is 11.8 Å². The molecule has 1 aromatic carbocycles. The zero-order valence-electron chi connectivity index (χ0n) is 14.2. The smallest absolute Gasteiger partial charge is 0.220 e. The summed E-state index contributed by atoms with van der Waals surface area (Å²) < 4.78 is 11.4. The van der Waals surface area contributed by atoms with Crippen LogP contribution >= 0.6 is 0 Å². The van der Waals surface area contributed by atoms with Crippen LogP contribution in [0, 0.1) is 5.92 Å². The third kappa shape index (κ3) is 4.86. The molecule has 5 nitrogen and oxygen atoms in total. The van der Waals surface area contributed by atoms with E-state index in [9.17, 15) is 4.79 Å². The number of hydrogen-bond acceptors (Lipinski definition) is 4. The van der Waals surface area contributed by atoms with Crippen molar-refractivity contribution in [3.63, 3.8) is 0 Å². The Bertz CT molecular complexity index is 511. The van der Waals surface area contributed by atoms with Gasteiger partial charge in [-0.05, 0) is 38.4 Å². The highest BCUT2D eigenvalue weighted by Gasteiger charge is 2.24. The lowest BCUT2D eigenvalue weighted by molar-refractivity contribution is -0.123. The van der Waals surface area contributed by atoms with Crippen LogP contribution in [-0.4, -0.2) is 37.6 Å². The number of carbonyl (C=O) groups is 1. The molecule has 128 valence electrons. The molecule has 1 fully saturated rings. The molecule has 23 heavy (non-hydrogen) atoms. The van der Waals surface area contributed by atoms with Crippen molar-refractivity contribution in [1.29, 1.82) is 0 Å². The van der Waals surface area contributed by atoms with Gasteiger partial charge < -0.3 is 15.2 Å². The molecule has 0 spiro atoms. The van der Waals surface area contributed by atoms with Crippen LogP contribution in [0.5, 0.6) is 11.5 Å². The van der Waals surface area contributed by atoms with Gasteiger partial charge >= 0.3 is 0 Å². The third-order valence-electron chi connectivity index (χ3n) is 4.41. The molecule has 0 unspecified atom stereocenters. The van der Waals surface area contributed by atoms with E-state index >= 15 is 0 Å². The van der Waals surface area contributed by atoms with Crippen LogP contribution in [0.2, 0.25) is 0 Å². The Morgan fingerprint density at radius 2 is 2.09 bits per heavy atom. The van der Waals surface area contributed by atoms with Gasteiger partial charge in [-0.15, -0.1) is 0 Å². The lowest BCUT2D eigenvalue weighted by atomic mass is 9.96. The number of unbranched alkanes of at least 4 members (excludes halogenated alkanes) is 1. The molecule has 1 saturated heterocycles. The largest absolute Gasteiger partial charge is 0.493 e. The van der Waals surface area contributed by atoms with Crippen molar-refractivity contribution in [3.8, 4) is 11.5 Å². The Hall–Kier alpha value is -1.75. The zero-order valence-corrected chi connectivity index (χ0v) is 14.2. The van der Waals surface area contributed by atoms with Crippen molar-refractivity contribution in [2.75, 3.05) is 26.8 Å². The molecule has 5 heteroatoms. The summed E-state index contributed by atoms with van der Waals surface area (Å²) in [4.78, 5) is 13.6. The van der Waals surface area contributed by atoms with E-state index in [0.717, 1.165) is 62.4 Å². The van der Waals surface area contributed by atoms with Crippen molar-refractivity contribution in [2.45, 2.75) is 39.2 Å². The molecule has 0 aromatic heterocycles. The number of para-hydroxylation sites is 1. The van der Waals surface area contributed by atoms with Gasteiger partial charge in [0.25, 0.3) is 0 Å². The number of piperidine rings is 1. The summed E-state index contributed by atoms with van der Waals surface area (Å²) in [6.45, 7) is 5.44. The summed E-state index contributed by atoms with van der Waals surface area (Å²) in [5.74, 6) is 1.48. The summed E-state index contributed by atoms with van der Waals surface area (Å²) in [6.07, 6.45) is 3.81. The van der Waals surface area contributed by atoms with E-state index in [1.165, 1.54) is 0 Å². The Morgan fingerprint density at radius 3 is 2.70 bits per heavy atom. The van der Waals surface area contributed by atoms with Gasteiger partial charge in [-0.2, -0.15) is 0 Å². The van der Waals surface area contributed by atoms with Crippen LogP contribution in [-0.2, 0) is 11.3 Å². The number of nitrogens with zero attached hydrogens (tertiary/aromatic N) is 1. The maximum Gasteiger partial charge on any atom is 0.220 e. The quantitative estimate of drug-likeness (QED) is 0.748. The van der Waals surface area contributed by atoms with Crippen LogP contribution in [0.15, 0.2) is 18.2 Å². The minimum atomic E-state index is -0.172. The monoisotopic (exact) mass is 320 g/mol. The number of nitrogens with two attached hydrogens (primary N) is 1. The molecular formula is C18H28N2O3. The van der Waals surface area contributed by atoms with E-state index < -0.39 is 0 Å². The van der Waals surface area contributed by atoms with Gasteiger partial charge in [-0.25, -0.2) is 0 Å². The van der Waals surface area contributed by atoms with Gasteiger partial charge in [0.05, 0.1) is 13.7 Å². The summed E-state index contributed by atoms with van der Waals surface area (Å²) in [5.41, 5.74) is 6.54. The van der Waals surface area contributed by atoms with E-state index in [1.54, 1.807) is 7.11 Å². The zero-order chi connectivity index (χ0) is 16.7. The Labute approximate surface area is 138 Å². The molecule has 2 rings (SSSR count). The number of hydrogen-bond donors (Lipinski definition) is 1. The van der Waals surface area contributed by atoms with Crippen LogP contribution in [0.4, 0.5) is 0 Å². The second kappa shape index (κ2) is 8.77. The number of rotatable bonds is 8. The van der Waals surface area contributed by atoms with Crippen LogP contribution in [0.3, 0.4) is 0 Å². The van der Waals surface area contributed by atoms with Gasteiger partial charge in [0.2, 0.25) is 5.91 Å². The summed E-state index contributed by atoms with van der Waals surface area (Å²) in [5, 5.41) is 0. The van der Waals surface area contributed by atoms with E-state index in [4.69, 9.17) is 15.2 Å². The van der Waals surface area contributed by atoms with Crippen LogP contribution in [0.1, 0.15) is 38.2 Å². The molecule has 0 atom stereocenters. The Morgan fingerprint density at radius 1 is 1.35 bits per heavy atom. The molecule has 2 N–H and O–H groups in total. The van der Waals surface area contributed by atoms with Crippen LogP contribution < -0.4 is 15.2 Å². The SMILES string of the molecule is CCCCOc1c(CN2CCC(C(N)=O)CC2)cccc1OC. The van der Waals surface area contributed by atoms with Gasteiger partial charge in [0.15, 0.2) is 11.5 Å². The predicted molar refractivity (Wildman–Crippen MR) is 90.6 cm³/mol. The highest BCUT2D eigenvalue weighted by atomic mass is 16.5. The number of likely N-dealkylation sites (tertiary alicyclic amines) is 1. The van der Waals surface area contributed by atoms with Gasteiger partial charge in [0.1, 0.15) is 0 Å². The van der Waals surface area contributed by atoms with E-state index in [0.29, 0.717) is 6.61 Å². The van der Waals surface area contributed by atoms with Crippen molar-refractivity contribution in [1.82, 2.24) is 4.90 Å². The van der Waals surface area contributed by atoms with Crippen LogP contribution in [0.25, 0.3) is 0 Å². The lowest BCUT2D eigenvalue weighted by Crippen LogP contribution is -2.38. The predicted octanol–water partition coefficient (Wildman–Crippen LogP) is 2.57. The summed E-state index contributed by atoms with van der Waals surface area (Å²) in [7, 11) is 1.67. The number of ether oxygens (including phenoxy) is 2. The Kier molecular flexibility index (Phi) is 6.71. The minimum Gasteiger partial charge on any atom is -0.493 e. The maximum absolute atomic E-state index is 11.3. The van der Waals surface area contributed by atoms with Gasteiger partial charge in [-0.1, -0.05) is 25.5 Å². The Balaban J connectivity index is 2.02. The first-order valence-electron chi connectivity index (χ1n) is 8.46. The van der Waals surface area contributed by atoms with Gasteiger partial charge in [-0.3, -0.25) is 9.69 Å². The molecule has 1 amide bonds. The standard InChI is InChI=1S/C18H28N2O3/c1-3-4-12-23-17-15(6-5-7-16(17)22-2)13-20-10-8-14(9-11-20)18(19)21/h5-7,14H,3-4,8-13H2,1-2H3,(H2,19,21). The number of primary amides is 1. The van der Waals surface area contributed by atoms with Crippen molar-refractivity contribution < 1.29 is 14.3 Å². The highest BCUT2D eigenvalue weighted by Crippen LogP contribution is 2.33. The highest BCUT2D eigenvalue weighted by molar-refractivity contribution is 5.76. The fourth-order valence-electron chi connectivity index (χ4n) is 2.95. The van der Waals surface area contributed by atoms with Crippen molar-refractivity contribution in [3.05, 3.63) is 23.8 Å². The fourth-order valence-corrected chi connectivity index (χ4v) is 2.95. The summed E-state index contributed by atoms with van der Waals surface area (Å²) in [6, 6.07) is 6.02. The normalized spacial score (nSPS) is 16.3. The molecule has 1 heterocycles. The van der Waals surface area contributed by atoms with E-state index in [2.05, 4.69) is 17.9 Å². The second-order valence-corrected chi connectivity index (χ2v) is 6.10. The number of amides is 1. The fraction of sp³-hybridized carbons (Fsp3) is 0.611. The van der Waals surface area contributed by atoms with Crippen molar-refractivity contribution in [2.24, 2.45) is 11.7 Å². The second-order valence-electron chi connectivity index (χ2n) is 6.10. The first-order valence-corrected chi connectivity index (χ1v) is 8.46. The molecule has 1 aromatic rings. The number of carbonyl (C=O) groups excluding carboxylic acids is 1. The number of benzene rings is 1. The average Bonchev–Trinajstić information content (AvgIpc) is 2.56. The number of methoxy groups -OCH3 is 1. The maximum atomic E-state index is 11.3. The lowest BCUT2D eigenvalue weighted by Gasteiger charge is -2.31. The minimum absolute atomic E-state index is 0.0248. The topological polar surface area (TPSA) is 64.8 Å².